The van der Waals surface area contributed by atoms with Gasteiger partial charge in [0.2, 0.25) is 4.67 Å². The van der Waals surface area contributed by atoms with Crippen LogP contribution < -0.4 is 5.32 Å². The summed E-state index contributed by atoms with van der Waals surface area (Å²) >= 11 is 3.24. The van der Waals surface area contributed by atoms with E-state index in [0.717, 1.165) is 35.8 Å². The van der Waals surface area contributed by atoms with Crippen LogP contribution in [0, 0.1) is 5.92 Å². The molecule has 1 aliphatic heterocycles. The third-order valence-electron chi connectivity index (χ3n) is 2.19. The first kappa shape index (κ1) is 8.26. The van der Waals surface area contributed by atoms with Crippen molar-refractivity contribution in [2.45, 2.75) is 12.8 Å². The van der Waals surface area contributed by atoms with Gasteiger partial charge < -0.3 is 9.84 Å². The summed E-state index contributed by atoms with van der Waals surface area (Å²) in [5.74, 6) is 0.738. The van der Waals surface area contributed by atoms with Crippen LogP contribution in [-0.4, -0.2) is 18.2 Å². The van der Waals surface area contributed by atoms with E-state index < -0.39 is 0 Å². The molecule has 0 aromatic carbocycles. The van der Waals surface area contributed by atoms with Crippen LogP contribution in [0.3, 0.4) is 0 Å². The molecular weight excluding hydrogens is 220 g/mol. The summed E-state index contributed by atoms with van der Waals surface area (Å²) in [6.45, 7) is 2.26. The van der Waals surface area contributed by atoms with Crippen molar-refractivity contribution in [1.82, 2.24) is 10.5 Å². The second-order valence-electron chi connectivity index (χ2n) is 3.19. The molecule has 1 N–H and O–H groups in total. The molecule has 0 spiro atoms. The highest BCUT2D eigenvalue weighted by atomic mass is 79.9. The molecule has 0 aliphatic carbocycles. The van der Waals surface area contributed by atoms with Gasteiger partial charge in [-0.25, -0.2) is 0 Å². The van der Waals surface area contributed by atoms with Crippen LogP contribution in [-0.2, 0) is 6.42 Å². The molecule has 1 fully saturated rings. The van der Waals surface area contributed by atoms with E-state index in [-0.39, 0.29) is 0 Å². The Morgan fingerprint density at radius 1 is 1.75 bits per heavy atom. The van der Waals surface area contributed by atoms with Gasteiger partial charge in [-0.15, -0.1) is 0 Å². The molecule has 1 aromatic heterocycles. The lowest BCUT2D eigenvalue weighted by Crippen LogP contribution is -2.10. The molecule has 3 nitrogen and oxygen atoms in total. The first-order valence-electron chi connectivity index (χ1n) is 4.16. The second kappa shape index (κ2) is 3.58. The number of hydrogen-bond donors (Lipinski definition) is 1. The molecule has 0 saturated carbocycles. The largest absolute Gasteiger partial charge is 0.349 e. The zero-order valence-corrected chi connectivity index (χ0v) is 8.30. The molecule has 1 atom stereocenters. The van der Waals surface area contributed by atoms with Gasteiger partial charge in [-0.2, -0.15) is 0 Å². The zero-order chi connectivity index (χ0) is 8.39. The Bertz CT molecular complexity index is 255. The van der Waals surface area contributed by atoms with Crippen molar-refractivity contribution < 1.29 is 4.52 Å². The molecule has 1 aromatic rings. The summed E-state index contributed by atoms with van der Waals surface area (Å²) in [5.41, 5.74) is 1.05. The molecule has 2 rings (SSSR count). The smallest absolute Gasteiger partial charge is 0.202 e. The maximum atomic E-state index is 4.92. The number of nitrogens with one attached hydrogen (secondary N) is 1. The van der Waals surface area contributed by atoms with E-state index >= 15 is 0 Å². The van der Waals surface area contributed by atoms with Crippen LogP contribution in [0.2, 0.25) is 0 Å². The molecule has 2 heterocycles. The van der Waals surface area contributed by atoms with Crippen LogP contribution in [0.4, 0.5) is 0 Å². The lowest BCUT2D eigenvalue weighted by Gasteiger charge is -2.02. The summed E-state index contributed by atoms with van der Waals surface area (Å²) in [6, 6.07) is 1.94. The van der Waals surface area contributed by atoms with Gasteiger partial charge >= 0.3 is 0 Å². The van der Waals surface area contributed by atoms with E-state index in [4.69, 9.17) is 4.52 Å². The van der Waals surface area contributed by atoms with Gasteiger partial charge in [-0.3, -0.25) is 0 Å². The van der Waals surface area contributed by atoms with Crippen molar-refractivity contribution in [2.75, 3.05) is 13.1 Å². The standard InChI is InChI=1S/C8H11BrN2O/c9-8-4-7(11-12-8)3-6-1-2-10-5-6/h4,6,10H,1-3,5H2. The molecule has 12 heavy (non-hydrogen) atoms. The molecule has 0 amide bonds. The monoisotopic (exact) mass is 230 g/mol. The highest BCUT2D eigenvalue weighted by Crippen LogP contribution is 2.17. The Balaban J connectivity index is 1.94. The van der Waals surface area contributed by atoms with Crippen LogP contribution in [0.25, 0.3) is 0 Å². The summed E-state index contributed by atoms with van der Waals surface area (Å²) in [7, 11) is 0. The molecule has 4 heteroatoms. The van der Waals surface area contributed by atoms with E-state index in [2.05, 4.69) is 26.4 Å². The molecule has 1 unspecified atom stereocenters. The highest BCUT2D eigenvalue weighted by molar-refractivity contribution is 9.10. The fourth-order valence-electron chi connectivity index (χ4n) is 1.57. The Hall–Kier alpha value is -0.350. The molecular formula is C8H11BrN2O. The van der Waals surface area contributed by atoms with Crippen LogP contribution in [0.1, 0.15) is 12.1 Å². The summed E-state index contributed by atoms with van der Waals surface area (Å²) in [4.78, 5) is 0. The van der Waals surface area contributed by atoms with E-state index in [1.165, 1.54) is 6.42 Å². The highest BCUT2D eigenvalue weighted by Gasteiger charge is 2.16. The predicted molar refractivity (Wildman–Crippen MR) is 48.9 cm³/mol. The quantitative estimate of drug-likeness (QED) is 0.839. The number of rotatable bonds is 2. The van der Waals surface area contributed by atoms with E-state index in [9.17, 15) is 0 Å². The topological polar surface area (TPSA) is 38.1 Å². The van der Waals surface area contributed by atoms with Gasteiger partial charge in [0, 0.05) is 6.07 Å². The minimum atomic E-state index is 0.725. The zero-order valence-electron chi connectivity index (χ0n) is 6.72. The summed E-state index contributed by atoms with van der Waals surface area (Å²) < 4.78 is 5.65. The number of halogens is 1. The van der Waals surface area contributed by atoms with Gasteiger partial charge in [-0.1, -0.05) is 5.16 Å². The second-order valence-corrected chi connectivity index (χ2v) is 3.97. The maximum absolute atomic E-state index is 4.92. The van der Waals surface area contributed by atoms with Crippen molar-refractivity contribution >= 4 is 15.9 Å². The van der Waals surface area contributed by atoms with Gasteiger partial charge in [0.05, 0.1) is 5.69 Å². The fraction of sp³-hybridized carbons (Fsp3) is 0.625. The van der Waals surface area contributed by atoms with Crippen molar-refractivity contribution in [1.29, 1.82) is 0 Å². The molecule has 66 valence electrons. The Morgan fingerprint density at radius 2 is 2.67 bits per heavy atom. The molecule has 0 radical (unpaired) electrons. The van der Waals surface area contributed by atoms with Crippen LogP contribution >= 0.6 is 15.9 Å². The van der Waals surface area contributed by atoms with E-state index in [1.807, 2.05) is 6.07 Å². The van der Waals surface area contributed by atoms with Crippen molar-refractivity contribution in [3.63, 3.8) is 0 Å². The lowest BCUT2D eigenvalue weighted by molar-refractivity contribution is 0.388. The molecule has 1 saturated heterocycles. The van der Waals surface area contributed by atoms with Crippen LogP contribution in [0.15, 0.2) is 15.3 Å². The average molecular weight is 231 g/mol. The number of hydrogen-bond acceptors (Lipinski definition) is 3. The minimum absolute atomic E-state index is 0.725. The Kier molecular flexibility index (Phi) is 2.46. The molecule has 1 aliphatic rings. The number of nitrogens with zero attached hydrogens (tertiary/aromatic N) is 1. The van der Waals surface area contributed by atoms with Crippen molar-refractivity contribution in [2.24, 2.45) is 5.92 Å². The Labute approximate surface area is 79.6 Å². The normalized spacial score (nSPS) is 23.2. The van der Waals surface area contributed by atoms with Crippen molar-refractivity contribution in [3.05, 3.63) is 16.4 Å². The van der Waals surface area contributed by atoms with Crippen molar-refractivity contribution in [3.8, 4) is 0 Å². The first-order chi connectivity index (χ1) is 5.84. The first-order valence-corrected chi connectivity index (χ1v) is 4.96. The average Bonchev–Trinajstić information content (AvgIpc) is 2.63. The predicted octanol–water partition coefficient (Wildman–Crippen LogP) is 1.59. The van der Waals surface area contributed by atoms with Gasteiger partial charge in [0.1, 0.15) is 0 Å². The van der Waals surface area contributed by atoms with E-state index in [1.54, 1.807) is 0 Å². The minimum Gasteiger partial charge on any atom is -0.349 e. The third kappa shape index (κ3) is 1.87. The summed E-state index contributed by atoms with van der Waals surface area (Å²) in [5, 5.41) is 7.26. The molecule has 0 bridgehead atoms. The SMILES string of the molecule is Brc1cc(CC2CCNC2)no1. The van der Waals surface area contributed by atoms with Crippen LogP contribution in [0.5, 0.6) is 0 Å². The number of aromatic nitrogens is 1. The summed E-state index contributed by atoms with van der Waals surface area (Å²) in [6.07, 6.45) is 2.28. The third-order valence-corrected chi connectivity index (χ3v) is 2.56. The van der Waals surface area contributed by atoms with Gasteiger partial charge in [-0.05, 0) is 47.8 Å². The maximum Gasteiger partial charge on any atom is 0.202 e. The Morgan fingerprint density at radius 3 is 3.25 bits per heavy atom. The van der Waals surface area contributed by atoms with E-state index in [0.29, 0.717) is 0 Å². The van der Waals surface area contributed by atoms with Gasteiger partial charge in [0.25, 0.3) is 0 Å². The lowest BCUT2D eigenvalue weighted by atomic mass is 10.0. The fourth-order valence-corrected chi connectivity index (χ4v) is 1.90. The van der Waals surface area contributed by atoms with Gasteiger partial charge in [0.15, 0.2) is 0 Å².